The van der Waals surface area contributed by atoms with Gasteiger partial charge in [-0.3, -0.25) is 4.74 Å². The summed E-state index contributed by atoms with van der Waals surface area (Å²) in [5.74, 6) is -0.129. The van der Waals surface area contributed by atoms with Gasteiger partial charge in [-0.15, -0.1) is 13.2 Å². The number of hydrogen-bond acceptors (Lipinski definition) is 1. The Kier molecular flexibility index (Phi) is 6.44. The zero-order valence-electron chi connectivity index (χ0n) is 14.0. The highest BCUT2D eigenvalue weighted by Crippen LogP contribution is 2.25. The van der Waals surface area contributed by atoms with Crippen LogP contribution in [0.1, 0.15) is 32.3 Å². The number of hydrogen-bond donors (Lipinski definition) is 0. The van der Waals surface area contributed by atoms with Gasteiger partial charge in [0.2, 0.25) is 0 Å². The second kappa shape index (κ2) is 8.34. The van der Waals surface area contributed by atoms with E-state index < -0.39 is 12.5 Å². The Morgan fingerprint density at radius 3 is 2.04 bits per heavy atom. The molecule has 0 amide bonds. The van der Waals surface area contributed by atoms with Gasteiger partial charge in [-0.2, -0.15) is 0 Å². The zero-order valence-corrected chi connectivity index (χ0v) is 14.0. The van der Waals surface area contributed by atoms with E-state index >= 15 is 0 Å². The van der Waals surface area contributed by atoms with E-state index in [1.807, 2.05) is 18.2 Å². The summed E-state index contributed by atoms with van der Waals surface area (Å²) in [6.45, 7) is 3.28. The van der Waals surface area contributed by atoms with Crippen LogP contribution >= 0.6 is 0 Å². The van der Waals surface area contributed by atoms with Crippen molar-refractivity contribution in [1.29, 1.82) is 0 Å². The third-order valence-electron chi connectivity index (χ3n) is 4.31. The quantitative estimate of drug-likeness (QED) is 0.582. The minimum atomic E-state index is -4.55. The Labute approximate surface area is 141 Å². The lowest BCUT2D eigenvalue weighted by Gasteiger charge is -2.21. The highest BCUT2D eigenvalue weighted by molar-refractivity contribution is 5.63. The maximum Gasteiger partial charge on any atom is 0.522 e. The molecule has 1 nitrogen and oxygen atoms in total. The minimum absolute atomic E-state index is 0.129. The third kappa shape index (κ3) is 6.00. The summed E-state index contributed by atoms with van der Waals surface area (Å²) in [5, 5.41) is 0. The summed E-state index contributed by atoms with van der Waals surface area (Å²) >= 11 is 0. The van der Waals surface area contributed by atoms with E-state index in [2.05, 4.69) is 41.1 Å². The first kappa shape index (κ1) is 18.5. The maximum atomic E-state index is 12.2. The fourth-order valence-electron chi connectivity index (χ4n) is 2.68. The molecule has 130 valence electrons. The Morgan fingerprint density at radius 1 is 0.875 bits per heavy atom. The lowest BCUT2D eigenvalue weighted by Crippen LogP contribution is -2.26. The number of aryl methyl sites for hydroxylation is 1. The van der Waals surface area contributed by atoms with Crippen LogP contribution < -0.4 is 0 Å². The molecule has 2 atom stereocenters. The van der Waals surface area contributed by atoms with Crippen LogP contribution in [0.15, 0.2) is 54.6 Å². The first-order valence-electron chi connectivity index (χ1n) is 8.24. The number of halogens is 3. The summed E-state index contributed by atoms with van der Waals surface area (Å²) in [6, 6.07) is 18.5. The van der Waals surface area contributed by atoms with E-state index in [-0.39, 0.29) is 5.92 Å². The van der Waals surface area contributed by atoms with Gasteiger partial charge >= 0.3 is 6.36 Å². The van der Waals surface area contributed by atoms with Crippen molar-refractivity contribution < 1.29 is 17.9 Å². The molecule has 0 saturated carbocycles. The van der Waals surface area contributed by atoms with Crippen molar-refractivity contribution in [2.75, 3.05) is 0 Å². The van der Waals surface area contributed by atoms with Gasteiger partial charge in [0.05, 0.1) is 6.10 Å². The van der Waals surface area contributed by atoms with Crippen molar-refractivity contribution in [3.63, 3.8) is 0 Å². The van der Waals surface area contributed by atoms with Crippen molar-refractivity contribution in [3.05, 3.63) is 60.2 Å². The number of alkyl halides is 3. The molecule has 0 saturated heterocycles. The van der Waals surface area contributed by atoms with Crippen molar-refractivity contribution in [1.82, 2.24) is 0 Å². The second-order valence-electron chi connectivity index (χ2n) is 6.20. The van der Waals surface area contributed by atoms with Crippen LogP contribution in [0.3, 0.4) is 0 Å². The minimum Gasteiger partial charge on any atom is -0.289 e. The highest BCUT2D eigenvalue weighted by Gasteiger charge is 2.33. The van der Waals surface area contributed by atoms with Crippen molar-refractivity contribution in [2.24, 2.45) is 5.92 Å². The summed E-state index contributed by atoms with van der Waals surface area (Å²) < 4.78 is 40.7. The van der Waals surface area contributed by atoms with Gasteiger partial charge < -0.3 is 0 Å². The second-order valence-corrected chi connectivity index (χ2v) is 6.20. The van der Waals surface area contributed by atoms with E-state index in [1.54, 1.807) is 6.92 Å². The van der Waals surface area contributed by atoms with E-state index in [4.69, 9.17) is 0 Å². The largest absolute Gasteiger partial charge is 0.522 e. The van der Waals surface area contributed by atoms with E-state index in [9.17, 15) is 13.2 Å². The molecule has 2 unspecified atom stereocenters. The molecule has 0 bridgehead atoms. The van der Waals surface area contributed by atoms with Crippen LogP contribution in [-0.2, 0) is 11.2 Å². The summed E-state index contributed by atoms with van der Waals surface area (Å²) in [5.41, 5.74) is 3.54. The molecule has 0 fully saturated rings. The molecule has 0 N–H and O–H groups in total. The molecule has 0 aromatic heterocycles. The van der Waals surface area contributed by atoms with Gasteiger partial charge in [-0.05, 0) is 48.8 Å². The van der Waals surface area contributed by atoms with Gasteiger partial charge in [0.15, 0.2) is 0 Å². The molecular weight excluding hydrogens is 313 g/mol. The van der Waals surface area contributed by atoms with Crippen molar-refractivity contribution >= 4 is 0 Å². The van der Waals surface area contributed by atoms with E-state index in [0.717, 1.165) is 12.8 Å². The average Bonchev–Trinajstić information content (AvgIpc) is 2.54. The van der Waals surface area contributed by atoms with Gasteiger partial charge in [0, 0.05) is 0 Å². The first-order valence-corrected chi connectivity index (χ1v) is 8.24. The number of ether oxygens (including phenoxy) is 1. The molecule has 0 spiro atoms. The SMILES string of the molecule is CC(CCCc1ccc(-c2ccccc2)cc1)C(C)OC(F)(F)F. The first-order chi connectivity index (χ1) is 11.3. The molecular formula is C20H23F3O. The maximum absolute atomic E-state index is 12.2. The molecule has 0 radical (unpaired) electrons. The topological polar surface area (TPSA) is 9.23 Å². The van der Waals surface area contributed by atoms with Crippen molar-refractivity contribution in [2.45, 2.75) is 45.6 Å². The predicted molar refractivity (Wildman–Crippen MR) is 90.6 cm³/mol. The summed E-state index contributed by atoms with van der Waals surface area (Å²) in [4.78, 5) is 0. The molecule has 0 aliphatic heterocycles. The molecule has 0 heterocycles. The molecule has 2 rings (SSSR count). The monoisotopic (exact) mass is 336 g/mol. The lowest BCUT2D eigenvalue weighted by molar-refractivity contribution is -0.345. The van der Waals surface area contributed by atoms with Crippen LogP contribution in [0.2, 0.25) is 0 Å². The third-order valence-corrected chi connectivity index (χ3v) is 4.31. The Bertz CT molecular complexity index is 605. The van der Waals surface area contributed by atoms with Gasteiger partial charge in [-0.25, -0.2) is 0 Å². The average molecular weight is 336 g/mol. The van der Waals surface area contributed by atoms with Gasteiger partial charge in [0.25, 0.3) is 0 Å². The van der Waals surface area contributed by atoms with Crippen LogP contribution in [0, 0.1) is 5.92 Å². The van der Waals surface area contributed by atoms with Crippen LogP contribution in [0.4, 0.5) is 13.2 Å². The highest BCUT2D eigenvalue weighted by atomic mass is 19.4. The van der Waals surface area contributed by atoms with Crippen LogP contribution in [-0.4, -0.2) is 12.5 Å². The number of rotatable bonds is 7. The summed E-state index contributed by atoms with van der Waals surface area (Å²) in [7, 11) is 0. The fourth-order valence-corrected chi connectivity index (χ4v) is 2.68. The molecule has 0 aliphatic rings. The zero-order chi connectivity index (χ0) is 17.6. The molecule has 24 heavy (non-hydrogen) atoms. The van der Waals surface area contributed by atoms with Crippen LogP contribution in [0.25, 0.3) is 11.1 Å². The molecule has 4 heteroatoms. The lowest BCUT2D eigenvalue weighted by atomic mass is 9.96. The predicted octanol–water partition coefficient (Wildman–Crippen LogP) is 6.24. The number of benzene rings is 2. The molecule has 2 aromatic carbocycles. The molecule has 0 aliphatic carbocycles. The van der Waals surface area contributed by atoms with E-state index in [1.165, 1.54) is 23.6 Å². The van der Waals surface area contributed by atoms with Gasteiger partial charge in [0.1, 0.15) is 0 Å². The Balaban J connectivity index is 1.80. The fraction of sp³-hybridized carbons (Fsp3) is 0.400. The molecule has 2 aromatic rings. The van der Waals surface area contributed by atoms with Gasteiger partial charge in [-0.1, -0.05) is 61.5 Å². The van der Waals surface area contributed by atoms with Crippen molar-refractivity contribution in [3.8, 4) is 11.1 Å². The summed E-state index contributed by atoms with van der Waals surface area (Å²) in [6.07, 6.45) is -2.96. The Hall–Kier alpha value is -1.81. The standard InChI is InChI=1S/C20H23F3O/c1-15(16(2)24-20(21,22)23)7-6-8-17-11-13-19(14-12-17)18-9-4-3-5-10-18/h3-5,9-16H,6-8H2,1-2H3. The van der Waals surface area contributed by atoms with Crippen LogP contribution in [0.5, 0.6) is 0 Å². The smallest absolute Gasteiger partial charge is 0.289 e. The Morgan fingerprint density at radius 2 is 1.46 bits per heavy atom. The normalized spacial score (nSPS) is 14.4. The van der Waals surface area contributed by atoms with E-state index in [0.29, 0.717) is 6.42 Å².